The van der Waals surface area contributed by atoms with Crippen molar-refractivity contribution in [3.63, 3.8) is 0 Å². The van der Waals surface area contributed by atoms with E-state index >= 15 is 0 Å². The molecule has 3 rings (SSSR count). The Bertz CT molecular complexity index is 575. The van der Waals surface area contributed by atoms with Gasteiger partial charge in [-0.3, -0.25) is 4.90 Å². The van der Waals surface area contributed by atoms with Crippen molar-refractivity contribution in [1.82, 2.24) is 15.5 Å². The molecular formula is C20H33IN4OS. The SMILES string of the molecule is CCNC(=NCc1ccccc1CN1CCOCC1)NCC1CCCS1.I. The van der Waals surface area contributed by atoms with Crippen molar-refractivity contribution >= 4 is 41.7 Å². The van der Waals surface area contributed by atoms with Gasteiger partial charge in [-0.05, 0) is 36.6 Å². The molecule has 2 fully saturated rings. The van der Waals surface area contributed by atoms with E-state index in [4.69, 9.17) is 9.73 Å². The van der Waals surface area contributed by atoms with Gasteiger partial charge in [0.2, 0.25) is 0 Å². The summed E-state index contributed by atoms with van der Waals surface area (Å²) >= 11 is 2.08. The van der Waals surface area contributed by atoms with E-state index in [0.717, 1.165) is 57.1 Å². The molecule has 27 heavy (non-hydrogen) atoms. The lowest BCUT2D eigenvalue weighted by Crippen LogP contribution is -2.40. The maximum Gasteiger partial charge on any atom is 0.191 e. The molecule has 1 aromatic rings. The summed E-state index contributed by atoms with van der Waals surface area (Å²) in [6, 6.07) is 8.68. The zero-order valence-electron chi connectivity index (χ0n) is 16.3. The normalized spacial score (nSPS) is 20.9. The molecule has 2 aliphatic heterocycles. The first-order valence-corrected chi connectivity index (χ1v) is 10.9. The fourth-order valence-electron chi connectivity index (χ4n) is 3.39. The minimum atomic E-state index is 0. The number of aliphatic imine (C=N–C) groups is 1. The van der Waals surface area contributed by atoms with E-state index < -0.39 is 0 Å². The Morgan fingerprint density at radius 2 is 2.00 bits per heavy atom. The summed E-state index contributed by atoms with van der Waals surface area (Å²) in [7, 11) is 0. The van der Waals surface area contributed by atoms with Crippen molar-refractivity contribution in [2.75, 3.05) is 45.1 Å². The first-order chi connectivity index (χ1) is 12.8. The zero-order chi connectivity index (χ0) is 18.0. The van der Waals surface area contributed by atoms with Crippen molar-refractivity contribution in [3.8, 4) is 0 Å². The molecule has 0 aromatic heterocycles. The number of ether oxygens (including phenoxy) is 1. The minimum absolute atomic E-state index is 0. The van der Waals surface area contributed by atoms with Crippen LogP contribution in [0.15, 0.2) is 29.3 Å². The lowest BCUT2D eigenvalue weighted by atomic mass is 10.1. The molecule has 0 spiro atoms. The van der Waals surface area contributed by atoms with Crippen molar-refractivity contribution in [3.05, 3.63) is 35.4 Å². The number of nitrogens with one attached hydrogen (secondary N) is 2. The fraction of sp³-hybridized carbons (Fsp3) is 0.650. The first-order valence-electron chi connectivity index (χ1n) is 9.86. The van der Waals surface area contributed by atoms with Gasteiger partial charge < -0.3 is 15.4 Å². The second-order valence-electron chi connectivity index (χ2n) is 6.87. The number of benzene rings is 1. The average Bonchev–Trinajstić information content (AvgIpc) is 3.19. The van der Waals surface area contributed by atoms with Crippen LogP contribution in [0.1, 0.15) is 30.9 Å². The predicted molar refractivity (Wildman–Crippen MR) is 126 cm³/mol. The van der Waals surface area contributed by atoms with Gasteiger partial charge in [-0.1, -0.05) is 24.3 Å². The van der Waals surface area contributed by atoms with Crippen LogP contribution in [0.5, 0.6) is 0 Å². The van der Waals surface area contributed by atoms with Crippen molar-refractivity contribution in [1.29, 1.82) is 0 Å². The van der Waals surface area contributed by atoms with Gasteiger partial charge in [0.05, 0.1) is 19.8 Å². The number of halogens is 1. The molecule has 0 aliphatic carbocycles. The number of nitrogens with zero attached hydrogens (tertiary/aromatic N) is 2. The van der Waals surface area contributed by atoms with Crippen LogP contribution in [0.2, 0.25) is 0 Å². The van der Waals surface area contributed by atoms with Gasteiger partial charge in [-0.25, -0.2) is 4.99 Å². The molecule has 7 heteroatoms. The zero-order valence-corrected chi connectivity index (χ0v) is 19.4. The fourth-order valence-corrected chi connectivity index (χ4v) is 4.59. The Balaban J connectivity index is 0.00000261. The van der Waals surface area contributed by atoms with E-state index in [2.05, 4.69) is 58.5 Å². The second-order valence-corrected chi connectivity index (χ2v) is 8.28. The lowest BCUT2D eigenvalue weighted by molar-refractivity contribution is 0.0341. The van der Waals surface area contributed by atoms with E-state index in [9.17, 15) is 0 Å². The summed E-state index contributed by atoms with van der Waals surface area (Å²) in [4.78, 5) is 7.31. The van der Waals surface area contributed by atoms with Crippen LogP contribution in [0, 0.1) is 0 Å². The smallest absolute Gasteiger partial charge is 0.191 e. The Kier molecular flexibility index (Phi) is 10.8. The molecule has 152 valence electrons. The third-order valence-corrected chi connectivity index (χ3v) is 6.29. The average molecular weight is 504 g/mol. The van der Waals surface area contributed by atoms with Gasteiger partial charge in [-0.15, -0.1) is 24.0 Å². The number of hydrogen-bond acceptors (Lipinski definition) is 4. The second kappa shape index (κ2) is 12.9. The maximum absolute atomic E-state index is 5.46. The highest BCUT2D eigenvalue weighted by Crippen LogP contribution is 2.25. The van der Waals surface area contributed by atoms with Crippen LogP contribution < -0.4 is 10.6 Å². The topological polar surface area (TPSA) is 48.9 Å². The lowest BCUT2D eigenvalue weighted by Gasteiger charge is -2.27. The van der Waals surface area contributed by atoms with Crippen molar-refractivity contribution in [2.45, 2.75) is 38.1 Å². The molecule has 2 heterocycles. The largest absolute Gasteiger partial charge is 0.379 e. The molecular weight excluding hydrogens is 471 g/mol. The van der Waals surface area contributed by atoms with Crippen LogP contribution in [0.25, 0.3) is 0 Å². The molecule has 2 N–H and O–H groups in total. The van der Waals surface area contributed by atoms with E-state index in [0.29, 0.717) is 6.54 Å². The molecule has 2 saturated heterocycles. The molecule has 1 aromatic carbocycles. The highest BCUT2D eigenvalue weighted by atomic mass is 127. The summed E-state index contributed by atoms with van der Waals surface area (Å²) in [5, 5.41) is 7.63. The van der Waals surface area contributed by atoms with Crippen molar-refractivity contribution in [2.24, 2.45) is 4.99 Å². The van der Waals surface area contributed by atoms with Crippen molar-refractivity contribution < 1.29 is 4.74 Å². The Morgan fingerprint density at radius 3 is 2.70 bits per heavy atom. The predicted octanol–water partition coefficient (Wildman–Crippen LogP) is 3.09. The monoisotopic (exact) mass is 504 g/mol. The number of guanidine groups is 1. The summed E-state index contributed by atoms with van der Waals surface area (Å²) in [6.07, 6.45) is 2.67. The molecule has 0 saturated carbocycles. The molecule has 1 atom stereocenters. The van der Waals surface area contributed by atoms with Gasteiger partial charge in [0.15, 0.2) is 5.96 Å². The molecule has 2 aliphatic rings. The van der Waals surface area contributed by atoms with Gasteiger partial charge in [-0.2, -0.15) is 11.8 Å². The summed E-state index contributed by atoms with van der Waals surface area (Å²) in [6.45, 7) is 9.42. The van der Waals surface area contributed by atoms with Crippen LogP contribution in [0.4, 0.5) is 0 Å². The number of rotatable bonds is 7. The van der Waals surface area contributed by atoms with Gasteiger partial charge in [0.25, 0.3) is 0 Å². The highest BCUT2D eigenvalue weighted by Gasteiger charge is 2.16. The molecule has 1 unspecified atom stereocenters. The van der Waals surface area contributed by atoms with Gasteiger partial charge in [0.1, 0.15) is 0 Å². The number of hydrogen-bond donors (Lipinski definition) is 2. The highest BCUT2D eigenvalue weighted by molar-refractivity contribution is 14.0. The standard InChI is InChI=1S/C20H32N4OS.HI/c1-2-21-20(23-15-19-8-5-13-26-19)22-14-17-6-3-4-7-18(17)16-24-9-11-25-12-10-24;/h3-4,6-7,19H,2,5,8-16H2,1H3,(H2,21,22,23);1H. The molecule has 0 radical (unpaired) electrons. The van der Waals surface area contributed by atoms with E-state index in [1.165, 1.54) is 29.7 Å². The van der Waals surface area contributed by atoms with Crippen LogP contribution in [-0.4, -0.2) is 61.3 Å². The molecule has 0 amide bonds. The maximum atomic E-state index is 5.46. The van der Waals surface area contributed by atoms with Gasteiger partial charge in [0, 0.05) is 38.0 Å². The summed E-state index contributed by atoms with van der Waals surface area (Å²) < 4.78 is 5.46. The third-order valence-electron chi connectivity index (χ3n) is 4.89. The van der Waals surface area contributed by atoms with Crippen LogP contribution in [-0.2, 0) is 17.8 Å². The Morgan fingerprint density at radius 1 is 1.22 bits per heavy atom. The first kappa shape index (κ1) is 22.8. The molecule has 0 bridgehead atoms. The van der Waals surface area contributed by atoms with Crippen LogP contribution >= 0.6 is 35.7 Å². The quantitative estimate of drug-likeness (QED) is 0.340. The Hall–Kier alpha value is -0.510. The minimum Gasteiger partial charge on any atom is -0.379 e. The van der Waals surface area contributed by atoms with Crippen LogP contribution in [0.3, 0.4) is 0 Å². The molecule has 5 nitrogen and oxygen atoms in total. The number of morpholine rings is 1. The Labute approximate surface area is 185 Å². The third kappa shape index (κ3) is 7.79. The van der Waals surface area contributed by atoms with Gasteiger partial charge >= 0.3 is 0 Å². The summed E-state index contributed by atoms with van der Waals surface area (Å²) in [5.74, 6) is 2.23. The van der Waals surface area contributed by atoms with E-state index in [1.807, 2.05) is 0 Å². The van der Waals surface area contributed by atoms with E-state index in [1.54, 1.807) is 0 Å². The number of thioether (sulfide) groups is 1. The summed E-state index contributed by atoms with van der Waals surface area (Å²) in [5.41, 5.74) is 2.69. The van der Waals surface area contributed by atoms with E-state index in [-0.39, 0.29) is 24.0 Å².